The van der Waals surface area contributed by atoms with Crippen molar-refractivity contribution < 1.29 is 14.7 Å². The predicted octanol–water partition coefficient (Wildman–Crippen LogP) is 0.578. The van der Waals surface area contributed by atoms with Gasteiger partial charge in [-0.1, -0.05) is 30.3 Å². The summed E-state index contributed by atoms with van der Waals surface area (Å²) in [6.07, 6.45) is 1.46. The second-order valence-corrected chi connectivity index (χ2v) is 4.80. The fraction of sp³-hybridized carbons (Fsp3) is 0.0667. The maximum absolute atomic E-state index is 12.4. The number of fused-ring (bicyclic) bond motifs is 1. The van der Waals surface area contributed by atoms with Crippen molar-refractivity contribution in [2.45, 2.75) is 6.04 Å². The number of rotatable bonds is 4. The summed E-state index contributed by atoms with van der Waals surface area (Å²) >= 11 is 0. The quantitative estimate of drug-likeness (QED) is 0.651. The molecule has 23 heavy (non-hydrogen) atoms. The SMILES string of the molecule is O=C(N[C@@H](C(=O)O)c1ccccc1)c1cccn2c(=O)[nH]nc12. The van der Waals surface area contributed by atoms with Gasteiger partial charge in [-0.25, -0.2) is 19.1 Å². The minimum Gasteiger partial charge on any atom is -0.479 e. The van der Waals surface area contributed by atoms with Crippen molar-refractivity contribution in [2.75, 3.05) is 0 Å². The van der Waals surface area contributed by atoms with Crippen LogP contribution in [0.2, 0.25) is 0 Å². The molecule has 0 saturated heterocycles. The third kappa shape index (κ3) is 2.69. The number of H-pyrrole nitrogens is 1. The van der Waals surface area contributed by atoms with E-state index in [1.54, 1.807) is 30.3 Å². The molecule has 2 aromatic heterocycles. The van der Waals surface area contributed by atoms with E-state index in [0.29, 0.717) is 5.56 Å². The van der Waals surface area contributed by atoms with Crippen LogP contribution in [-0.2, 0) is 4.79 Å². The van der Waals surface area contributed by atoms with Crippen molar-refractivity contribution in [1.29, 1.82) is 0 Å². The van der Waals surface area contributed by atoms with Crippen molar-refractivity contribution in [3.8, 4) is 0 Å². The van der Waals surface area contributed by atoms with Gasteiger partial charge in [0.2, 0.25) is 0 Å². The van der Waals surface area contributed by atoms with Gasteiger partial charge < -0.3 is 10.4 Å². The van der Waals surface area contributed by atoms with E-state index in [9.17, 15) is 19.5 Å². The minimum atomic E-state index is -1.20. The van der Waals surface area contributed by atoms with Crippen molar-refractivity contribution in [3.63, 3.8) is 0 Å². The number of benzene rings is 1. The lowest BCUT2D eigenvalue weighted by Gasteiger charge is -2.15. The topological polar surface area (TPSA) is 117 Å². The number of hydrogen-bond acceptors (Lipinski definition) is 4. The summed E-state index contributed by atoms with van der Waals surface area (Å²) < 4.78 is 1.17. The van der Waals surface area contributed by atoms with Gasteiger partial charge in [0, 0.05) is 6.20 Å². The number of amides is 1. The Morgan fingerprint density at radius 2 is 1.91 bits per heavy atom. The van der Waals surface area contributed by atoms with E-state index in [4.69, 9.17) is 0 Å². The first kappa shape index (κ1) is 14.5. The number of nitrogens with zero attached hydrogens (tertiary/aromatic N) is 2. The molecule has 1 aromatic carbocycles. The molecular formula is C15H12N4O4. The summed E-state index contributed by atoms with van der Waals surface area (Å²) in [6.45, 7) is 0. The molecule has 1 atom stereocenters. The van der Waals surface area contributed by atoms with Gasteiger partial charge in [0.1, 0.15) is 0 Å². The number of nitrogens with one attached hydrogen (secondary N) is 2. The van der Waals surface area contributed by atoms with Crippen LogP contribution in [0.1, 0.15) is 22.0 Å². The molecule has 116 valence electrons. The Morgan fingerprint density at radius 1 is 1.17 bits per heavy atom. The molecule has 0 aliphatic carbocycles. The molecule has 0 spiro atoms. The van der Waals surface area contributed by atoms with E-state index in [-0.39, 0.29) is 11.2 Å². The van der Waals surface area contributed by atoms with E-state index in [0.717, 1.165) is 0 Å². The molecule has 0 aliphatic rings. The highest BCUT2D eigenvalue weighted by atomic mass is 16.4. The molecule has 0 unspecified atom stereocenters. The number of aromatic nitrogens is 3. The number of pyridine rings is 1. The van der Waals surface area contributed by atoms with Crippen LogP contribution in [-0.4, -0.2) is 31.6 Å². The van der Waals surface area contributed by atoms with Gasteiger partial charge in [-0.3, -0.25) is 4.79 Å². The number of aliphatic carboxylic acids is 1. The average molecular weight is 312 g/mol. The molecule has 0 bridgehead atoms. The molecule has 3 N–H and O–H groups in total. The molecule has 1 amide bonds. The van der Waals surface area contributed by atoms with E-state index in [1.165, 1.54) is 22.7 Å². The zero-order valence-corrected chi connectivity index (χ0v) is 11.8. The molecule has 0 fully saturated rings. The Morgan fingerprint density at radius 3 is 2.61 bits per heavy atom. The molecule has 3 aromatic rings. The lowest BCUT2D eigenvalue weighted by molar-refractivity contribution is -0.139. The summed E-state index contributed by atoms with van der Waals surface area (Å²) in [5.41, 5.74) is 0.201. The normalized spacial score (nSPS) is 12.0. The number of carboxylic acid groups (broad SMARTS) is 1. The largest absolute Gasteiger partial charge is 0.479 e. The zero-order chi connectivity index (χ0) is 16.4. The first-order valence-electron chi connectivity index (χ1n) is 6.72. The Bertz CT molecular complexity index is 929. The maximum Gasteiger partial charge on any atom is 0.347 e. The molecule has 0 saturated carbocycles. The van der Waals surface area contributed by atoms with Crippen LogP contribution >= 0.6 is 0 Å². The van der Waals surface area contributed by atoms with Crippen molar-refractivity contribution in [3.05, 3.63) is 70.3 Å². The lowest BCUT2D eigenvalue weighted by atomic mass is 10.1. The second-order valence-electron chi connectivity index (χ2n) is 4.80. The number of carbonyl (C=O) groups excluding carboxylic acids is 1. The fourth-order valence-corrected chi connectivity index (χ4v) is 2.25. The smallest absolute Gasteiger partial charge is 0.347 e. The lowest BCUT2D eigenvalue weighted by Crippen LogP contribution is -2.34. The first-order chi connectivity index (χ1) is 11.1. The highest BCUT2D eigenvalue weighted by Gasteiger charge is 2.24. The number of hydrogen-bond donors (Lipinski definition) is 3. The zero-order valence-electron chi connectivity index (χ0n) is 11.8. The summed E-state index contributed by atoms with van der Waals surface area (Å²) in [5, 5.41) is 17.8. The summed E-state index contributed by atoms with van der Waals surface area (Å²) in [7, 11) is 0. The molecule has 8 nitrogen and oxygen atoms in total. The van der Waals surface area contributed by atoms with Crippen LogP contribution in [0.5, 0.6) is 0 Å². The summed E-state index contributed by atoms with van der Waals surface area (Å²) in [6, 6.07) is 10.1. The number of aromatic amines is 1. The fourth-order valence-electron chi connectivity index (χ4n) is 2.25. The van der Waals surface area contributed by atoms with Gasteiger partial charge in [-0.05, 0) is 17.7 Å². The Balaban J connectivity index is 1.96. The van der Waals surface area contributed by atoms with Gasteiger partial charge in [-0.15, -0.1) is 0 Å². The molecule has 0 radical (unpaired) electrons. The first-order valence-corrected chi connectivity index (χ1v) is 6.72. The third-order valence-corrected chi connectivity index (χ3v) is 3.34. The molecule has 8 heteroatoms. The van der Waals surface area contributed by atoms with Crippen LogP contribution < -0.4 is 11.0 Å². The van der Waals surface area contributed by atoms with Crippen LogP contribution in [0.25, 0.3) is 5.65 Å². The van der Waals surface area contributed by atoms with E-state index >= 15 is 0 Å². The van der Waals surface area contributed by atoms with Gasteiger partial charge in [-0.2, -0.15) is 5.10 Å². The number of carboxylic acids is 1. The highest BCUT2D eigenvalue weighted by molar-refractivity contribution is 6.01. The Labute approximate surface area is 129 Å². The van der Waals surface area contributed by atoms with Gasteiger partial charge in [0.05, 0.1) is 5.56 Å². The molecule has 2 heterocycles. The van der Waals surface area contributed by atoms with Crippen LogP contribution in [0.4, 0.5) is 0 Å². The standard InChI is InChI=1S/C15H12N4O4/c20-13(10-7-4-8-19-12(10)17-18-15(19)23)16-11(14(21)22)9-5-2-1-3-6-9/h1-8,11H,(H,16,20)(H,18,23)(H,21,22)/t11-/m1/s1. The van der Waals surface area contributed by atoms with Crippen LogP contribution in [0.15, 0.2) is 53.5 Å². The van der Waals surface area contributed by atoms with Crippen molar-refractivity contribution >= 4 is 17.5 Å². The van der Waals surface area contributed by atoms with Crippen molar-refractivity contribution in [1.82, 2.24) is 19.9 Å². The third-order valence-electron chi connectivity index (χ3n) is 3.34. The van der Waals surface area contributed by atoms with E-state index in [2.05, 4.69) is 15.5 Å². The van der Waals surface area contributed by atoms with E-state index in [1.807, 2.05) is 0 Å². The summed E-state index contributed by atoms with van der Waals surface area (Å²) in [4.78, 5) is 35.4. The van der Waals surface area contributed by atoms with Gasteiger partial charge in [0.15, 0.2) is 11.7 Å². The Kier molecular flexibility index (Phi) is 3.63. The number of carbonyl (C=O) groups is 2. The maximum atomic E-state index is 12.4. The van der Waals surface area contributed by atoms with Crippen LogP contribution in [0.3, 0.4) is 0 Å². The van der Waals surface area contributed by atoms with Gasteiger partial charge in [0.25, 0.3) is 5.91 Å². The minimum absolute atomic E-state index is 0.105. The molecular weight excluding hydrogens is 300 g/mol. The predicted molar refractivity (Wildman–Crippen MR) is 80.1 cm³/mol. The average Bonchev–Trinajstić information content (AvgIpc) is 2.94. The van der Waals surface area contributed by atoms with Crippen molar-refractivity contribution in [2.24, 2.45) is 0 Å². The summed E-state index contributed by atoms with van der Waals surface area (Å²) in [5.74, 6) is -1.82. The highest BCUT2D eigenvalue weighted by Crippen LogP contribution is 2.15. The second kappa shape index (κ2) is 5.76. The molecule has 0 aliphatic heterocycles. The van der Waals surface area contributed by atoms with Crippen LogP contribution in [0, 0.1) is 0 Å². The molecule has 3 rings (SSSR count). The Hall–Kier alpha value is -3.42. The monoisotopic (exact) mass is 312 g/mol. The van der Waals surface area contributed by atoms with Gasteiger partial charge >= 0.3 is 11.7 Å². The van der Waals surface area contributed by atoms with E-state index < -0.39 is 23.6 Å².